The lowest BCUT2D eigenvalue weighted by Crippen LogP contribution is -2.16. The Morgan fingerprint density at radius 3 is 2.74 bits per heavy atom. The number of esters is 1. The molecule has 1 heterocycles. The van der Waals surface area contributed by atoms with Crippen molar-refractivity contribution in [2.45, 2.75) is 26.2 Å². The van der Waals surface area contributed by atoms with Crippen LogP contribution in [0.15, 0.2) is 35.9 Å². The number of carbonyl (C=O) groups excluding carboxylic acids is 2. The zero-order valence-electron chi connectivity index (χ0n) is 15.2. The number of carbonyl (C=O) groups is 2. The summed E-state index contributed by atoms with van der Waals surface area (Å²) >= 11 is 1.40. The Labute approximate surface area is 162 Å². The van der Waals surface area contributed by atoms with Crippen molar-refractivity contribution in [1.82, 2.24) is 0 Å². The zero-order valence-corrected chi connectivity index (χ0v) is 16.1. The first-order valence-electron chi connectivity index (χ1n) is 8.74. The molecule has 0 aliphatic heterocycles. The quantitative estimate of drug-likeness (QED) is 0.490. The van der Waals surface area contributed by atoms with Crippen LogP contribution in [0.1, 0.15) is 39.7 Å². The first-order valence-corrected chi connectivity index (χ1v) is 9.56. The van der Waals surface area contributed by atoms with Gasteiger partial charge in [0.2, 0.25) is 0 Å². The minimum atomic E-state index is -0.529. The first-order chi connectivity index (χ1) is 13.0. The molecule has 1 aromatic heterocycles. The molecule has 0 fully saturated rings. The van der Waals surface area contributed by atoms with Crippen LogP contribution in [0, 0.1) is 17.2 Å². The summed E-state index contributed by atoms with van der Waals surface area (Å²) in [6.45, 7) is 2.18. The number of anilines is 1. The summed E-state index contributed by atoms with van der Waals surface area (Å²) < 4.78 is 4.93. The van der Waals surface area contributed by atoms with Gasteiger partial charge in [-0.25, -0.2) is 4.79 Å². The van der Waals surface area contributed by atoms with Gasteiger partial charge in [-0.1, -0.05) is 37.3 Å². The Hall–Kier alpha value is -2.91. The third-order valence-corrected chi connectivity index (χ3v) is 5.77. The van der Waals surface area contributed by atoms with Crippen molar-refractivity contribution in [2.75, 3.05) is 12.4 Å². The smallest absolute Gasteiger partial charge is 0.341 e. The second-order valence-corrected chi connectivity index (χ2v) is 7.69. The van der Waals surface area contributed by atoms with Crippen LogP contribution in [-0.2, 0) is 22.4 Å². The molecular formula is C21H20N2O3S. The van der Waals surface area contributed by atoms with E-state index in [1.165, 1.54) is 24.5 Å². The molecule has 2 aromatic rings. The summed E-state index contributed by atoms with van der Waals surface area (Å²) in [5.41, 5.74) is 2.13. The number of hydrogen-bond acceptors (Lipinski definition) is 5. The molecule has 0 saturated carbocycles. The van der Waals surface area contributed by atoms with Crippen LogP contribution < -0.4 is 5.32 Å². The van der Waals surface area contributed by atoms with Gasteiger partial charge in [-0.15, -0.1) is 11.3 Å². The number of fused-ring (bicyclic) bond motifs is 1. The number of nitrogens with zero attached hydrogens (tertiary/aromatic N) is 1. The number of amides is 1. The van der Waals surface area contributed by atoms with Crippen LogP contribution in [0.5, 0.6) is 0 Å². The molecule has 0 saturated heterocycles. The molecule has 27 heavy (non-hydrogen) atoms. The maximum Gasteiger partial charge on any atom is 0.341 e. The van der Waals surface area contributed by atoms with E-state index in [0.717, 1.165) is 35.3 Å². The first kappa shape index (κ1) is 18.9. The molecule has 6 heteroatoms. The van der Waals surface area contributed by atoms with Gasteiger partial charge in [0.25, 0.3) is 5.91 Å². The van der Waals surface area contributed by atoms with Gasteiger partial charge in [0.15, 0.2) is 0 Å². The average Bonchev–Trinajstić information content (AvgIpc) is 3.02. The van der Waals surface area contributed by atoms with Gasteiger partial charge < -0.3 is 10.1 Å². The lowest BCUT2D eigenvalue weighted by Gasteiger charge is -2.18. The zero-order chi connectivity index (χ0) is 19.4. The highest BCUT2D eigenvalue weighted by Crippen LogP contribution is 2.40. The largest absolute Gasteiger partial charge is 0.465 e. The number of methoxy groups -OCH3 is 1. The van der Waals surface area contributed by atoms with Gasteiger partial charge in [0.05, 0.1) is 12.7 Å². The molecule has 0 radical (unpaired) electrons. The van der Waals surface area contributed by atoms with Crippen molar-refractivity contribution in [3.8, 4) is 6.07 Å². The third kappa shape index (κ3) is 4.09. The van der Waals surface area contributed by atoms with E-state index in [1.54, 1.807) is 0 Å². The van der Waals surface area contributed by atoms with E-state index in [0.29, 0.717) is 16.5 Å². The average molecular weight is 380 g/mol. The Kier molecular flexibility index (Phi) is 5.72. The molecule has 0 unspecified atom stereocenters. The van der Waals surface area contributed by atoms with Crippen LogP contribution >= 0.6 is 11.3 Å². The molecule has 3 rings (SSSR count). The molecule has 0 spiro atoms. The molecule has 0 bridgehead atoms. The van der Waals surface area contributed by atoms with Crippen molar-refractivity contribution in [2.24, 2.45) is 5.92 Å². The Balaban J connectivity index is 1.92. The second kappa shape index (κ2) is 8.19. The number of thiophene rings is 1. The topological polar surface area (TPSA) is 79.2 Å². The van der Waals surface area contributed by atoms with Crippen LogP contribution in [0.25, 0.3) is 6.08 Å². The Morgan fingerprint density at radius 1 is 1.33 bits per heavy atom. The fraction of sp³-hybridized carbons (Fsp3) is 0.286. The van der Waals surface area contributed by atoms with Gasteiger partial charge in [0, 0.05) is 4.88 Å². The summed E-state index contributed by atoms with van der Waals surface area (Å²) in [6, 6.07) is 11.1. The fourth-order valence-corrected chi connectivity index (χ4v) is 4.59. The summed E-state index contributed by atoms with van der Waals surface area (Å²) in [7, 11) is 1.33. The van der Waals surface area contributed by atoms with Crippen molar-refractivity contribution in [1.29, 1.82) is 5.26 Å². The second-order valence-electron chi connectivity index (χ2n) is 6.58. The van der Waals surface area contributed by atoms with Crippen LogP contribution in [-0.4, -0.2) is 19.0 Å². The van der Waals surface area contributed by atoms with Crippen LogP contribution in [0.2, 0.25) is 0 Å². The molecule has 1 aliphatic carbocycles. The Morgan fingerprint density at radius 2 is 2.07 bits per heavy atom. The third-order valence-electron chi connectivity index (χ3n) is 4.60. The number of hydrogen-bond donors (Lipinski definition) is 1. The molecule has 1 aromatic carbocycles. The highest BCUT2D eigenvalue weighted by atomic mass is 32.1. The highest BCUT2D eigenvalue weighted by molar-refractivity contribution is 7.17. The SMILES string of the molecule is COC(=O)c1c(NC(=O)/C(C#N)=C\c2ccccc2)sc2c1CC[C@H](C)C2. The van der Waals surface area contributed by atoms with E-state index in [9.17, 15) is 14.9 Å². The summed E-state index contributed by atoms with van der Waals surface area (Å²) in [6.07, 6.45) is 4.20. The van der Waals surface area contributed by atoms with Gasteiger partial charge in [0.1, 0.15) is 16.6 Å². The van der Waals surface area contributed by atoms with Crippen molar-refractivity contribution >= 4 is 34.3 Å². The highest BCUT2D eigenvalue weighted by Gasteiger charge is 2.29. The van der Waals surface area contributed by atoms with Gasteiger partial charge in [-0.3, -0.25) is 4.79 Å². The van der Waals surface area contributed by atoms with Crippen LogP contribution in [0.4, 0.5) is 5.00 Å². The molecular weight excluding hydrogens is 360 g/mol. The number of rotatable bonds is 4. The van der Waals surface area contributed by atoms with Gasteiger partial charge in [-0.2, -0.15) is 5.26 Å². The predicted molar refractivity (Wildman–Crippen MR) is 106 cm³/mol. The van der Waals surface area contributed by atoms with E-state index >= 15 is 0 Å². The molecule has 138 valence electrons. The standard InChI is InChI=1S/C21H20N2O3S/c1-13-8-9-16-17(10-13)27-20(18(16)21(25)26-2)23-19(24)15(12-22)11-14-6-4-3-5-7-14/h3-7,11,13H,8-10H2,1-2H3,(H,23,24)/b15-11-/t13-/m0/s1. The van der Waals surface area contributed by atoms with E-state index in [-0.39, 0.29) is 5.57 Å². The number of nitriles is 1. The maximum absolute atomic E-state index is 12.6. The lowest BCUT2D eigenvalue weighted by atomic mass is 9.88. The molecule has 1 aliphatic rings. The number of ether oxygens (including phenoxy) is 1. The summed E-state index contributed by atoms with van der Waals surface area (Å²) in [4.78, 5) is 26.1. The van der Waals surface area contributed by atoms with Gasteiger partial charge in [-0.05, 0) is 42.4 Å². The summed E-state index contributed by atoms with van der Waals surface area (Å²) in [5, 5.41) is 12.6. The minimum absolute atomic E-state index is 0.0169. The minimum Gasteiger partial charge on any atom is -0.465 e. The lowest BCUT2D eigenvalue weighted by molar-refractivity contribution is -0.112. The van der Waals surface area contributed by atoms with Gasteiger partial charge >= 0.3 is 5.97 Å². The maximum atomic E-state index is 12.6. The van der Waals surface area contributed by atoms with Crippen LogP contribution in [0.3, 0.4) is 0 Å². The van der Waals surface area contributed by atoms with E-state index in [1.807, 2.05) is 36.4 Å². The Bertz CT molecular complexity index is 938. The molecule has 1 N–H and O–H groups in total. The molecule has 5 nitrogen and oxygen atoms in total. The van der Waals surface area contributed by atoms with Crippen molar-refractivity contribution < 1.29 is 14.3 Å². The fourth-order valence-electron chi connectivity index (χ4n) is 3.19. The van der Waals surface area contributed by atoms with E-state index < -0.39 is 11.9 Å². The number of nitrogens with one attached hydrogen (secondary N) is 1. The monoisotopic (exact) mass is 380 g/mol. The van der Waals surface area contributed by atoms with Crippen molar-refractivity contribution in [3.05, 3.63) is 57.5 Å². The van der Waals surface area contributed by atoms with Crippen molar-refractivity contribution in [3.63, 3.8) is 0 Å². The predicted octanol–water partition coefficient (Wildman–Crippen LogP) is 4.21. The number of benzene rings is 1. The van der Waals surface area contributed by atoms with E-state index in [4.69, 9.17) is 4.74 Å². The van der Waals surface area contributed by atoms with E-state index in [2.05, 4.69) is 12.2 Å². The molecule has 1 atom stereocenters. The normalized spacial score (nSPS) is 16.2. The summed E-state index contributed by atoms with van der Waals surface area (Å²) in [5.74, 6) is -0.445. The molecule has 1 amide bonds.